The number of anilines is 1. The summed E-state index contributed by atoms with van der Waals surface area (Å²) in [5.74, 6) is -0.126. The maximum absolute atomic E-state index is 12.1. The Labute approximate surface area is 162 Å². The van der Waals surface area contributed by atoms with Gasteiger partial charge < -0.3 is 10.1 Å². The number of aromatic nitrogens is 1. The van der Waals surface area contributed by atoms with Crippen LogP contribution in [0.5, 0.6) is 0 Å². The van der Waals surface area contributed by atoms with Gasteiger partial charge >= 0.3 is 5.97 Å². The number of benzene rings is 1. The van der Waals surface area contributed by atoms with Gasteiger partial charge in [-0.2, -0.15) is 0 Å². The molecule has 1 N–H and O–H groups in total. The molecular formula is C19H24N2O3S2. The monoisotopic (exact) mass is 392 g/mol. The van der Waals surface area contributed by atoms with Crippen molar-refractivity contribution in [1.29, 1.82) is 0 Å². The minimum atomic E-state index is -0.315. The predicted molar refractivity (Wildman–Crippen MR) is 107 cm³/mol. The van der Waals surface area contributed by atoms with Crippen LogP contribution in [-0.2, 0) is 26.2 Å². The van der Waals surface area contributed by atoms with Gasteiger partial charge in [-0.3, -0.25) is 9.59 Å². The fourth-order valence-corrected chi connectivity index (χ4v) is 3.59. The van der Waals surface area contributed by atoms with Crippen LogP contribution in [0.15, 0.2) is 34.5 Å². The first kappa shape index (κ1) is 20.5. The zero-order chi connectivity index (χ0) is 19.2. The van der Waals surface area contributed by atoms with Crippen molar-refractivity contribution in [3.8, 4) is 0 Å². The average Bonchev–Trinajstić information content (AvgIpc) is 2.99. The van der Waals surface area contributed by atoms with Crippen LogP contribution < -0.4 is 5.32 Å². The highest BCUT2D eigenvalue weighted by molar-refractivity contribution is 8.00. The van der Waals surface area contributed by atoms with E-state index in [0.717, 1.165) is 4.90 Å². The number of amides is 1. The summed E-state index contributed by atoms with van der Waals surface area (Å²) in [5.41, 5.74) is 1.99. The normalized spacial score (nSPS) is 11.2. The summed E-state index contributed by atoms with van der Waals surface area (Å²) in [7, 11) is 0. The van der Waals surface area contributed by atoms with Crippen LogP contribution in [0, 0.1) is 0 Å². The van der Waals surface area contributed by atoms with Gasteiger partial charge in [-0.15, -0.1) is 23.1 Å². The van der Waals surface area contributed by atoms with Gasteiger partial charge in [0.1, 0.15) is 0 Å². The van der Waals surface area contributed by atoms with E-state index >= 15 is 0 Å². The Morgan fingerprint density at radius 2 is 1.92 bits per heavy atom. The third kappa shape index (κ3) is 6.46. The van der Waals surface area contributed by atoms with E-state index in [1.54, 1.807) is 12.3 Å². The van der Waals surface area contributed by atoms with Crippen molar-refractivity contribution in [2.45, 2.75) is 44.4 Å². The fraction of sp³-hybridized carbons (Fsp3) is 0.421. The molecule has 1 aromatic heterocycles. The number of hydrogen-bond acceptors (Lipinski definition) is 6. The molecule has 2 aromatic rings. The Bertz CT molecular complexity index is 749. The van der Waals surface area contributed by atoms with E-state index in [0.29, 0.717) is 23.2 Å². The van der Waals surface area contributed by atoms with Crippen molar-refractivity contribution in [3.05, 3.63) is 40.9 Å². The molecule has 0 saturated heterocycles. The van der Waals surface area contributed by atoms with Crippen LogP contribution in [0.4, 0.5) is 5.13 Å². The molecule has 0 unspecified atom stereocenters. The molecule has 7 heteroatoms. The van der Waals surface area contributed by atoms with Crippen LogP contribution in [0.3, 0.4) is 0 Å². The lowest BCUT2D eigenvalue weighted by atomic mass is 9.87. The molecule has 1 heterocycles. The van der Waals surface area contributed by atoms with E-state index in [9.17, 15) is 9.59 Å². The van der Waals surface area contributed by atoms with Crippen LogP contribution in [0.1, 0.15) is 39.0 Å². The van der Waals surface area contributed by atoms with Crippen LogP contribution >= 0.6 is 23.1 Å². The Morgan fingerprint density at radius 1 is 1.23 bits per heavy atom. The van der Waals surface area contributed by atoms with Crippen molar-refractivity contribution >= 4 is 40.1 Å². The Kier molecular flexibility index (Phi) is 7.23. The molecule has 0 bridgehead atoms. The summed E-state index contributed by atoms with van der Waals surface area (Å²) in [5, 5.41) is 5.02. The number of nitrogens with one attached hydrogen (secondary N) is 1. The van der Waals surface area contributed by atoms with Gasteiger partial charge in [0, 0.05) is 10.3 Å². The minimum absolute atomic E-state index is 0.118. The molecule has 0 aliphatic rings. The van der Waals surface area contributed by atoms with Gasteiger partial charge in [0.2, 0.25) is 5.91 Å². The van der Waals surface area contributed by atoms with Crippen LogP contribution in [-0.4, -0.2) is 29.2 Å². The lowest BCUT2D eigenvalue weighted by molar-refractivity contribution is -0.142. The topological polar surface area (TPSA) is 68.3 Å². The number of rotatable bonds is 7. The van der Waals surface area contributed by atoms with Crippen LogP contribution in [0.25, 0.3) is 0 Å². The quantitative estimate of drug-likeness (QED) is 0.563. The first-order valence-corrected chi connectivity index (χ1v) is 10.3. The number of esters is 1. The van der Waals surface area contributed by atoms with Gasteiger partial charge in [0.15, 0.2) is 5.13 Å². The maximum atomic E-state index is 12.1. The number of nitrogens with zero attached hydrogens (tertiary/aromatic N) is 1. The summed E-state index contributed by atoms with van der Waals surface area (Å²) in [6.45, 7) is 8.63. The third-order valence-electron chi connectivity index (χ3n) is 3.52. The van der Waals surface area contributed by atoms with Gasteiger partial charge in [-0.05, 0) is 30.0 Å². The van der Waals surface area contributed by atoms with E-state index in [1.807, 2.05) is 12.1 Å². The summed E-state index contributed by atoms with van der Waals surface area (Å²) in [6.07, 6.45) is 0.120. The molecule has 0 radical (unpaired) electrons. The molecule has 1 amide bonds. The molecule has 0 aliphatic heterocycles. The molecule has 2 rings (SSSR count). The first-order chi connectivity index (χ1) is 12.3. The van der Waals surface area contributed by atoms with E-state index in [-0.39, 0.29) is 23.7 Å². The molecule has 0 atom stereocenters. The van der Waals surface area contributed by atoms with Crippen molar-refractivity contribution in [2.75, 3.05) is 17.7 Å². The van der Waals surface area contributed by atoms with E-state index in [4.69, 9.17) is 4.74 Å². The third-order valence-corrected chi connectivity index (χ3v) is 5.34. The Hall–Kier alpha value is -1.86. The van der Waals surface area contributed by atoms with Crippen LogP contribution in [0.2, 0.25) is 0 Å². The molecule has 0 aliphatic carbocycles. The molecule has 140 valence electrons. The highest BCUT2D eigenvalue weighted by Gasteiger charge is 2.14. The zero-order valence-corrected chi connectivity index (χ0v) is 17.1. The predicted octanol–water partition coefficient (Wildman–Crippen LogP) is 4.28. The van der Waals surface area contributed by atoms with Crippen molar-refractivity contribution in [1.82, 2.24) is 4.98 Å². The van der Waals surface area contributed by atoms with Gasteiger partial charge in [0.05, 0.1) is 24.5 Å². The summed E-state index contributed by atoms with van der Waals surface area (Å²) >= 11 is 2.79. The minimum Gasteiger partial charge on any atom is -0.466 e. The second-order valence-corrected chi connectivity index (χ2v) is 8.64. The average molecular weight is 393 g/mol. The van der Waals surface area contributed by atoms with Crippen molar-refractivity contribution < 1.29 is 14.3 Å². The standard InChI is InChI=1S/C19H24N2O3S2/c1-5-24-17(23)10-14-11-26-18(20-14)21-16(22)12-25-15-8-6-13(7-9-15)19(2,3)4/h6-9,11H,5,10,12H2,1-4H3,(H,20,21,22). The smallest absolute Gasteiger partial charge is 0.311 e. The van der Waals surface area contributed by atoms with E-state index in [1.165, 1.54) is 28.7 Å². The molecule has 0 fully saturated rings. The number of hydrogen-bond donors (Lipinski definition) is 1. The molecule has 5 nitrogen and oxygen atoms in total. The largest absolute Gasteiger partial charge is 0.466 e. The highest BCUT2D eigenvalue weighted by atomic mass is 32.2. The van der Waals surface area contributed by atoms with Gasteiger partial charge in [0.25, 0.3) is 0 Å². The molecule has 0 spiro atoms. The first-order valence-electron chi connectivity index (χ1n) is 8.41. The number of carbonyl (C=O) groups excluding carboxylic acids is 2. The van der Waals surface area contributed by atoms with Gasteiger partial charge in [-0.1, -0.05) is 32.9 Å². The number of thioether (sulfide) groups is 1. The Balaban J connectivity index is 1.82. The zero-order valence-electron chi connectivity index (χ0n) is 15.5. The molecule has 0 saturated carbocycles. The Morgan fingerprint density at radius 3 is 2.54 bits per heavy atom. The second kappa shape index (κ2) is 9.19. The number of carbonyl (C=O) groups is 2. The second-order valence-electron chi connectivity index (χ2n) is 6.74. The SMILES string of the molecule is CCOC(=O)Cc1csc(NC(=O)CSc2ccc(C(C)(C)C)cc2)n1. The van der Waals surface area contributed by atoms with Crippen molar-refractivity contribution in [2.24, 2.45) is 0 Å². The van der Waals surface area contributed by atoms with E-state index < -0.39 is 0 Å². The fourth-order valence-electron chi connectivity index (χ4n) is 2.16. The molecule has 26 heavy (non-hydrogen) atoms. The number of thiazole rings is 1. The lowest BCUT2D eigenvalue weighted by Gasteiger charge is -2.19. The summed E-state index contributed by atoms with van der Waals surface area (Å²) in [4.78, 5) is 28.8. The number of ether oxygens (including phenoxy) is 1. The summed E-state index contributed by atoms with van der Waals surface area (Å²) < 4.78 is 4.89. The highest BCUT2D eigenvalue weighted by Crippen LogP contribution is 2.26. The van der Waals surface area contributed by atoms with Crippen molar-refractivity contribution in [3.63, 3.8) is 0 Å². The maximum Gasteiger partial charge on any atom is 0.311 e. The molecule has 1 aromatic carbocycles. The van der Waals surface area contributed by atoms with Gasteiger partial charge in [-0.25, -0.2) is 4.98 Å². The lowest BCUT2D eigenvalue weighted by Crippen LogP contribution is -2.14. The van der Waals surface area contributed by atoms with E-state index in [2.05, 4.69) is 43.2 Å². The summed E-state index contributed by atoms with van der Waals surface area (Å²) in [6, 6.07) is 8.28. The molecular weight excluding hydrogens is 368 g/mol.